The molecule has 0 saturated carbocycles. The predicted molar refractivity (Wildman–Crippen MR) is 73.3 cm³/mol. The monoisotopic (exact) mass is 278 g/mol. The molecule has 0 aliphatic rings. The third kappa shape index (κ3) is 6.01. The highest BCUT2D eigenvalue weighted by molar-refractivity contribution is 5.99. The first-order chi connectivity index (χ1) is 9.31. The molecule has 0 aromatic heterocycles. The smallest absolute Gasteiger partial charge is 0.339 e. The van der Waals surface area contributed by atoms with E-state index in [0.717, 1.165) is 18.2 Å². The second-order valence-electron chi connectivity index (χ2n) is 3.34. The van der Waals surface area contributed by atoms with E-state index in [4.69, 9.17) is 5.11 Å². The fraction of sp³-hybridized carbons (Fsp3) is 0. The fourth-order valence-electron chi connectivity index (χ4n) is 0.984. The van der Waals surface area contributed by atoms with E-state index in [-0.39, 0.29) is 5.56 Å². The van der Waals surface area contributed by atoms with Crippen molar-refractivity contribution in [1.82, 2.24) is 0 Å². The molecule has 0 aliphatic carbocycles. The first kappa shape index (κ1) is 16.9. The minimum atomic E-state index is -1.23. The summed E-state index contributed by atoms with van der Waals surface area (Å²) < 4.78 is 0. The minimum Gasteiger partial charge on any atom is -0.507 e. The molecule has 0 bridgehead atoms. The number of hydrogen-bond acceptors (Lipinski definition) is 4. The third-order valence-corrected chi connectivity index (χ3v) is 1.88. The van der Waals surface area contributed by atoms with E-state index >= 15 is 0 Å². The summed E-state index contributed by atoms with van der Waals surface area (Å²) in [6.07, 6.45) is 2.13. The molecule has 20 heavy (non-hydrogen) atoms. The largest absolute Gasteiger partial charge is 0.507 e. The van der Waals surface area contributed by atoms with E-state index in [2.05, 4.69) is 24.2 Å². The molecule has 7 heteroatoms. The van der Waals surface area contributed by atoms with Crippen LogP contribution in [0.25, 0.3) is 0 Å². The van der Waals surface area contributed by atoms with Crippen molar-refractivity contribution in [3.63, 3.8) is 0 Å². The first-order valence-corrected chi connectivity index (χ1v) is 5.23. The second-order valence-corrected chi connectivity index (χ2v) is 3.34. The maximum Gasteiger partial charge on any atom is 0.339 e. The van der Waals surface area contributed by atoms with Gasteiger partial charge in [-0.15, -0.1) is 0 Å². The van der Waals surface area contributed by atoms with Crippen molar-refractivity contribution in [3.8, 4) is 5.75 Å². The highest BCUT2D eigenvalue weighted by Crippen LogP contribution is 2.21. The molecule has 0 radical (unpaired) electrons. The Balaban J connectivity index is 0.000000621. The van der Waals surface area contributed by atoms with Crippen molar-refractivity contribution in [2.24, 2.45) is 5.73 Å². The number of nitrogens with two attached hydrogens (primary N) is 1. The molecule has 0 unspecified atom stereocenters. The van der Waals surface area contributed by atoms with E-state index in [1.165, 1.54) is 12.1 Å². The zero-order valence-electron chi connectivity index (χ0n) is 10.5. The maximum atomic E-state index is 10.9. The first-order valence-electron chi connectivity index (χ1n) is 5.23. The van der Waals surface area contributed by atoms with E-state index < -0.39 is 23.5 Å². The molecule has 2 amide bonds. The summed E-state index contributed by atoms with van der Waals surface area (Å²) in [5.74, 6) is -2.54. The van der Waals surface area contributed by atoms with E-state index in [0.29, 0.717) is 5.69 Å². The van der Waals surface area contributed by atoms with Gasteiger partial charge in [0.15, 0.2) is 0 Å². The Labute approximate surface area is 115 Å². The number of primary amides is 1. The van der Waals surface area contributed by atoms with Gasteiger partial charge in [-0.05, 0) is 24.3 Å². The summed E-state index contributed by atoms with van der Waals surface area (Å²) in [4.78, 5) is 30.9. The van der Waals surface area contributed by atoms with Crippen LogP contribution in [0, 0.1) is 0 Å². The summed E-state index contributed by atoms with van der Waals surface area (Å²) in [6.45, 7) is 6.34. The van der Waals surface area contributed by atoms with Gasteiger partial charge >= 0.3 is 5.97 Å². The van der Waals surface area contributed by atoms with Crippen LogP contribution in [-0.2, 0) is 9.59 Å². The molecule has 1 rings (SSSR count). The van der Waals surface area contributed by atoms with Crippen molar-refractivity contribution in [2.45, 2.75) is 0 Å². The van der Waals surface area contributed by atoms with Crippen molar-refractivity contribution >= 4 is 23.5 Å². The number of amides is 2. The van der Waals surface area contributed by atoms with E-state index in [1.54, 1.807) is 0 Å². The lowest BCUT2D eigenvalue weighted by Gasteiger charge is -2.04. The number of benzene rings is 1. The second kappa shape index (κ2) is 8.09. The molecular weight excluding hydrogens is 264 g/mol. The average molecular weight is 278 g/mol. The van der Waals surface area contributed by atoms with Crippen LogP contribution in [0.15, 0.2) is 43.5 Å². The molecule has 0 fully saturated rings. The van der Waals surface area contributed by atoms with Gasteiger partial charge in [0, 0.05) is 11.8 Å². The Bertz CT molecular complexity index is 552. The van der Waals surface area contributed by atoms with Crippen LogP contribution < -0.4 is 11.1 Å². The van der Waals surface area contributed by atoms with Crippen LogP contribution in [-0.4, -0.2) is 28.0 Å². The molecule has 1 aromatic carbocycles. The lowest BCUT2D eigenvalue weighted by Crippen LogP contribution is -2.07. The van der Waals surface area contributed by atoms with Crippen molar-refractivity contribution in [2.75, 3.05) is 5.32 Å². The normalized spacial score (nSPS) is 8.60. The standard InChI is InChI=1S/C10H9NO4.C3H5NO/c1-2-9(13)11-6-3-4-7(10(14)15)8(12)5-6;1-2-3(4)5/h2-5,12H,1H2,(H,11,13)(H,14,15);2H,1H2,(H2,4,5). The number of nitrogens with one attached hydrogen (secondary N) is 1. The summed E-state index contributed by atoms with van der Waals surface area (Å²) >= 11 is 0. The van der Waals surface area contributed by atoms with Crippen LogP contribution >= 0.6 is 0 Å². The predicted octanol–water partition coefficient (Wildman–Crippen LogP) is 0.873. The Kier molecular flexibility index (Phi) is 6.84. The van der Waals surface area contributed by atoms with Crippen LogP contribution in [0.3, 0.4) is 0 Å². The topological polar surface area (TPSA) is 130 Å². The lowest BCUT2D eigenvalue weighted by atomic mass is 10.2. The lowest BCUT2D eigenvalue weighted by molar-refractivity contribution is -0.113. The van der Waals surface area contributed by atoms with Gasteiger partial charge < -0.3 is 21.3 Å². The molecule has 0 saturated heterocycles. The number of carbonyl (C=O) groups is 3. The van der Waals surface area contributed by atoms with Crippen molar-refractivity contribution in [1.29, 1.82) is 0 Å². The molecule has 0 heterocycles. The summed E-state index contributed by atoms with van der Waals surface area (Å²) in [5.41, 5.74) is 4.63. The Hall–Kier alpha value is -3.09. The van der Waals surface area contributed by atoms with Gasteiger partial charge in [0.25, 0.3) is 0 Å². The molecule has 0 aliphatic heterocycles. The van der Waals surface area contributed by atoms with E-state index in [9.17, 15) is 19.5 Å². The SMILES string of the molecule is C=CC(=O)Nc1ccc(C(=O)O)c(O)c1.C=CC(N)=O. The number of rotatable bonds is 4. The van der Waals surface area contributed by atoms with Gasteiger partial charge in [0.2, 0.25) is 11.8 Å². The zero-order chi connectivity index (χ0) is 15.7. The number of anilines is 1. The van der Waals surface area contributed by atoms with Crippen LogP contribution in [0.2, 0.25) is 0 Å². The quantitative estimate of drug-likeness (QED) is 0.607. The minimum absolute atomic E-state index is 0.216. The number of phenols is 1. The average Bonchev–Trinajstić information content (AvgIpc) is 2.38. The number of carbonyl (C=O) groups excluding carboxylic acids is 2. The molecule has 5 N–H and O–H groups in total. The number of carboxylic acid groups (broad SMARTS) is 1. The maximum absolute atomic E-state index is 10.9. The number of carboxylic acids is 1. The fourth-order valence-corrected chi connectivity index (χ4v) is 0.984. The number of aromatic carboxylic acids is 1. The van der Waals surface area contributed by atoms with Crippen LogP contribution in [0.4, 0.5) is 5.69 Å². The number of aromatic hydroxyl groups is 1. The molecule has 0 atom stereocenters. The Morgan fingerprint density at radius 2 is 1.75 bits per heavy atom. The van der Waals surface area contributed by atoms with Gasteiger partial charge in [0.05, 0.1) is 0 Å². The number of hydrogen-bond donors (Lipinski definition) is 4. The van der Waals surface area contributed by atoms with Crippen molar-refractivity contribution < 1.29 is 24.6 Å². The van der Waals surface area contributed by atoms with Crippen LogP contribution in [0.1, 0.15) is 10.4 Å². The van der Waals surface area contributed by atoms with Crippen LogP contribution in [0.5, 0.6) is 5.75 Å². The third-order valence-electron chi connectivity index (χ3n) is 1.88. The Morgan fingerprint density at radius 3 is 2.10 bits per heavy atom. The van der Waals surface area contributed by atoms with Gasteiger partial charge in [-0.25, -0.2) is 4.79 Å². The van der Waals surface area contributed by atoms with Gasteiger partial charge in [-0.1, -0.05) is 13.2 Å². The molecule has 106 valence electrons. The van der Waals surface area contributed by atoms with Gasteiger partial charge in [-0.3, -0.25) is 9.59 Å². The molecule has 0 spiro atoms. The Morgan fingerprint density at radius 1 is 1.20 bits per heavy atom. The molecular formula is C13H14N2O5. The highest BCUT2D eigenvalue weighted by Gasteiger charge is 2.09. The molecule has 1 aromatic rings. The molecule has 7 nitrogen and oxygen atoms in total. The zero-order valence-corrected chi connectivity index (χ0v) is 10.5. The van der Waals surface area contributed by atoms with E-state index in [1.807, 2.05) is 0 Å². The summed E-state index contributed by atoms with van der Waals surface area (Å²) in [6, 6.07) is 3.74. The van der Waals surface area contributed by atoms with Crippen molar-refractivity contribution in [3.05, 3.63) is 49.1 Å². The van der Waals surface area contributed by atoms with Gasteiger partial charge in [0.1, 0.15) is 11.3 Å². The highest BCUT2D eigenvalue weighted by atomic mass is 16.4. The summed E-state index contributed by atoms with van der Waals surface area (Å²) in [7, 11) is 0. The summed E-state index contributed by atoms with van der Waals surface area (Å²) in [5, 5.41) is 20.3. The van der Waals surface area contributed by atoms with Gasteiger partial charge in [-0.2, -0.15) is 0 Å².